The van der Waals surface area contributed by atoms with E-state index in [1.165, 1.54) is 19.9 Å². The van der Waals surface area contributed by atoms with Gasteiger partial charge in [0.1, 0.15) is 23.9 Å². The lowest BCUT2D eigenvalue weighted by atomic mass is 10.1. The molecule has 0 amide bonds. The molecule has 0 bridgehead atoms. The fraction of sp³-hybridized carbons (Fsp3) is 0.474. The first-order valence-electron chi connectivity index (χ1n) is 9.23. The second-order valence-corrected chi connectivity index (χ2v) is 6.89. The largest absolute Gasteiger partial charge is 0.463 e. The second kappa shape index (κ2) is 8.68. The van der Waals surface area contributed by atoms with Gasteiger partial charge in [0.25, 0.3) is 0 Å². The molecule has 0 unspecified atom stereocenters. The Morgan fingerprint density at radius 3 is 2.32 bits per heavy atom. The van der Waals surface area contributed by atoms with Crippen LogP contribution >= 0.6 is 0 Å². The summed E-state index contributed by atoms with van der Waals surface area (Å²) in [5, 5.41) is -0.0113. The van der Waals surface area contributed by atoms with Crippen molar-refractivity contribution in [1.29, 1.82) is 0 Å². The molecule has 2 aromatic heterocycles. The summed E-state index contributed by atoms with van der Waals surface area (Å²) in [7, 11) is 0. The minimum atomic E-state index is -1.32. The van der Waals surface area contributed by atoms with Crippen LogP contribution in [0.25, 0.3) is 11.1 Å². The van der Waals surface area contributed by atoms with Gasteiger partial charge in [-0.3, -0.25) is 23.7 Å². The van der Waals surface area contributed by atoms with E-state index in [2.05, 4.69) is 4.98 Å². The Labute approximate surface area is 174 Å². The van der Waals surface area contributed by atoms with Crippen LogP contribution in [-0.2, 0) is 33.3 Å². The van der Waals surface area contributed by atoms with Crippen LogP contribution in [0.3, 0.4) is 0 Å². The van der Waals surface area contributed by atoms with Gasteiger partial charge < -0.3 is 23.4 Å². The van der Waals surface area contributed by atoms with Crippen LogP contribution < -0.4 is 11.1 Å². The number of aromatic nitrogens is 2. The van der Waals surface area contributed by atoms with Gasteiger partial charge in [0.05, 0.1) is 0 Å². The molecule has 0 aliphatic carbocycles. The third-order valence-electron chi connectivity index (χ3n) is 4.39. The third-order valence-corrected chi connectivity index (χ3v) is 4.39. The van der Waals surface area contributed by atoms with Crippen molar-refractivity contribution in [3.8, 4) is 0 Å². The summed E-state index contributed by atoms with van der Waals surface area (Å²) in [5.41, 5.74) is -1.48. The summed E-state index contributed by atoms with van der Waals surface area (Å²) in [6.45, 7) is 4.64. The van der Waals surface area contributed by atoms with E-state index in [0.29, 0.717) is 0 Å². The van der Waals surface area contributed by atoms with Crippen molar-refractivity contribution in [3.05, 3.63) is 38.7 Å². The zero-order valence-corrected chi connectivity index (χ0v) is 17.1. The highest BCUT2D eigenvalue weighted by Gasteiger charge is 2.51. The number of nitrogens with zero attached hydrogens (tertiary/aromatic N) is 2. The Bertz CT molecular complexity index is 1150. The first kappa shape index (κ1) is 22.2. The van der Waals surface area contributed by atoms with Crippen LogP contribution in [0.5, 0.6) is 0 Å². The molecular weight excluding hydrogens is 416 g/mol. The first-order valence-corrected chi connectivity index (χ1v) is 9.23. The van der Waals surface area contributed by atoms with Gasteiger partial charge in [-0.15, -0.1) is 0 Å². The van der Waals surface area contributed by atoms with Gasteiger partial charge in [-0.05, 0) is 6.92 Å². The van der Waals surface area contributed by atoms with Crippen molar-refractivity contribution < 1.29 is 37.7 Å². The molecule has 0 aromatic carbocycles. The van der Waals surface area contributed by atoms with E-state index in [1.54, 1.807) is 0 Å². The molecular formula is C19H20N2O10. The Morgan fingerprint density at radius 1 is 1.06 bits per heavy atom. The highest BCUT2D eigenvalue weighted by atomic mass is 16.7. The van der Waals surface area contributed by atoms with Crippen molar-refractivity contribution in [2.75, 3.05) is 6.61 Å². The van der Waals surface area contributed by atoms with E-state index >= 15 is 0 Å². The fourth-order valence-electron chi connectivity index (χ4n) is 3.24. The summed E-state index contributed by atoms with van der Waals surface area (Å²) >= 11 is 0. The van der Waals surface area contributed by atoms with Gasteiger partial charge in [-0.1, -0.05) is 0 Å². The molecule has 1 fully saturated rings. The molecule has 1 aliphatic rings. The molecule has 2 aromatic rings. The van der Waals surface area contributed by atoms with E-state index in [1.807, 2.05) is 0 Å². The van der Waals surface area contributed by atoms with E-state index in [0.717, 1.165) is 24.6 Å². The lowest BCUT2D eigenvalue weighted by molar-refractivity contribution is -0.166. The number of carbonyl (C=O) groups excluding carboxylic acids is 3. The van der Waals surface area contributed by atoms with E-state index < -0.39 is 53.6 Å². The molecule has 1 saturated heterocycles. The number of rotatable bonds is 5. The minimum absolute atomic E-state index is 0.0113. The number of aryl methyl sites for hydroxylation is 1. The zero-order valence-electron chi connectivity index (χ0n) is 17.1. The van der Waals surface area contributed by atoms with Crippen molar-refractivity contribution in [2.24, 2.45) is 0 Å². The fourth-order valence-corrected chi connectivity index (χ4v) is 3.24. The molecule has 12 heteroatoms. The van der Waals surface area contributed by atoms with E-state index in [-0.39, 0.29) is 23.5 Å². The SMILES string of the molecule is CC(=O)OC[C@H]1O[C@@H](n2cc3c(=O)cc(C)oc3nc2=O)[C@H](OC(C)=O)[C@@H]1OC(C)=O. The molecule has 166 valence electrons. The molecule has 1 aliphatic heterocycles. The maximum atomic E-state index is 12.7. The van der Waals surface area contributed by atoms with Gasteiger partial charge in [0, 0.05) is 33.0 Å². The van der Waals surface area contributed by atoms with Crippen LogP contribution in [0.1, 0.15) is 32.8 Å². The lowest BCUT2D eigenvalue weighted by Gasteiger charge is -2.23. The lowest BCUT2D eigenvalue weighted by Crippen LogP contribution is -2.42. The maximum Gasteiger partial charge on any atom is 0.353 e. The standard InChI is InChI=1S/C19H20N2O10/c1-8-5-13(25)12-6-21(19(26)20-17(12)28-8)18-16(30-11(4)24)15(29-10(3)23)14(31-18)7-27-9(2)22/h5-6,14-16,18H,7H2,1-4H3/t14-,15-,16-,18-/m1/s1. The molecule has 4 atom stereocenters. The van der Waals surface area contributed by atoms with Crippen LogP contribution in [0.2, 0.25) is 0 Å². The predicted molar refractivity (Wildman–Crippen MR) is 101 cm³/mol. The van der Waals surface area contributed by atoms with Crippen molar-refractivity contribution in [2.45, 2.75) is 52.2 Å². The van der Waals surface area contributed by atoms with Crippen LogP contribution in [0, 0.1) is 6.92 Å². The van der Waals surface area contributed by atoms with Gasteiger partial charge >= 0.3 is 23.6 Å². The summed E-state index contributed by atoms with van der Waals surface area (Å²) in [5.74, 6) is -1.79. The maximum absolute atomic E-state index is 12.7. The molecule has 3 heterocycles. The van der Waals surface area contributed by atoms with Gasteiger partial charge in [-0.25, -0.2) is 4.79 Å². The Morgan fingerprint density at radius 2 is 1.71 bits per heavy atom. The molecule has 0 spiro atoms. The third kappa shape index (κ3) is 4.79. The zero-order chi connectivity index (χ0) is 22.9. The van der Waals surface area contributed by atoms with Crippen LogP contribution in [-0.4, -0.2) is 52.4 Å². The van der Waals surface area contributed by atoms with Gasteiger partial charge in [-0.2, -0.15) is 4.98 Å². The first-order chi connectivity index (χ1) is 14.6. The second-order valence-electron chi connectivity index (χ2n) is 6.89. The smallest absolute Gasteiger partial charge is 0.353 e. The molecule has 3 rings (SSSR count). The van der Waals surface area contributed by atoms with Crippen molar-refractivity contribution in [1.82, 2.24) is 9.55 Å². The monoisotopic (exact) mass is 436 g/mol. The summed E-state index contributed by atoms with van der Waals surface area (Å²) in [6.07, 6.45) is -3.69. The minimum Gasteiger partial charge on any atom is -0.463 e. The Kier molecular flexibility index (Phi) is 6.20. The van der Waals surface area contributed by atoms with Gasteiger partial charge in [0.15, 0.2) is 23.9 Å². The molecule has 0 saturated carbocycles. The van der Waals surface area contributed by atoms with Crippen molar-refractivity contribution in [3.63, 3.8) is 0 Å². The normalized spacial score (nSPS) is 22.8. The van der Waals surface area contributed by atoms with Crippen LogP contribution in [0.4, 0.5) is 0 Å². The van der Waals surface area contributed by atoms with Crippen LogP contribution in [0.15, 0.2) is 26.3 Å². The molecule has 31 heavy (non-hydrogen) atoms. The Balaban J connectivity index is 2.10. The van der Waals surface area contributed by atoms with E-state index in [9.17, 15) is 24.0 Å². The Hall–Kier alpha value is -3.54. The molecule has 12 nitrogen and oxygen atoms in total. The number of esters is 3. The van der Waals surface area contributed by atoms with Crippen molar-refractivity contribution >= 4 is 29.0 Å². The number of carbonyl (C=O) groups is 3. The number of hydrogen-bond acceptors (Lipinski definition) is 11. The average Bonchev–Trinajstić information content (AvgIpc) is 2.95. The molecule has 0 N–H and O–H groups in total. The highest BCUT2D eigenvalue weighted by molar-refractivity contribution is 5.71. The number of fused-ring (bicyclic) bond motifs is 1. The quantitative estimate of drug-likeness (QED) is 0.459. The van der Waals surface area contributed by atoms with E-state index in [4.69, 9.17) is 23.4 Å². The number of ether oxygens (including phenoxy) is 4. The summed E-state index contributed by atoms with van der Waals surface area (Å²) in [6, 6.07) is 1.23. The summed E-state index contributed by atoms with van der Waals surface area (Å²) < 4.78 is 27.5. The topological polar surface area (TPSA) is 153 Å². The highest BCUT2D eigenvalue weighted by Crippen LogP contribution is 2.34. The number of hydrogen-bond donors (Lipinski definition) is 0. The average molecular weight is 436 g/mol. The van der Waals surface area contributed by atoms with Gasteiger partial charge in [0.2, 0.25) is 5.71 Å². The summed E-state index contributed by atoms with van der Waals surface area (Å²) in [4.78, 5) is 63.3. The predicted octanol–water partition coefficient (Wildman–Crippen LogP) is -0.0180. The molecule has 0 radical (unpaired) electrons.